The van der Waals surface area contributed by atoms with Crippen LogP contribution in [0.2, 0.25) is 10.0 Å². The molecule has 0 atom stereocenters. The summed E-state index contributed by atoms with van der Waals surface area (Å²) in [6.45, 7) is 2.95. The van der Waals surface area contributed by atoms with Gasteiger partial charge in [-0.05, 0) is 12.0 Å². The number of halogens is 2. The minimum Gasteiger partial charge on any atom is -0.367 e. The lowest BCUT2D eigenvalue weighted by atomic mass is 10.1. The number of carbonyl (C=O) groups is 1. The number of pyridine rings is 1. The maximum Gasteiger partial charge on any atom is 0.227 e. The highest BCUT2D eigenvalue weighted by molar-refractivity contribution is 6.38. The number of benzene rings is 1. The predicted octanol–water partition coefficient (Wildman–Crippen LogP) is 3.67. The number of hydrogen-bond donors (Lipinski definition) is 0. The van der Waals surface area contributed by atoms with Crippen LogP contribution in [0, 0.1) is 0 Å². The van der Waals surface area contributed by atoms with Crippen LogP contribution in [0.1, 0.15) is 12.0 Å². The molecule has 24 heavy (non-hydrogen) atoms. The van der Waals surface area contributed by atoms with Crippen molar-refractivity contribution in [3.05, 3.63) is 58.3 Å². The molecule has 0 bridgehead atoms. The average molecular weight is 364 g/mol. The third-order valence-corrected chi connectivity index (χ3v) is 4.74. The molecule has 3 rings (SSSR count). The van der Waals surface area contributed by atoms with E-state index in [0.717, 1.165) is 30.8 Å². The normalized spacial score (nSPS) is 15.2. The lowest BCUT2D eigenvalue weighted by molar-refractivity contribution is -0.130. The summed E-state index contributed by atoms with van der Waals surface area (Å²) in [6, 6.07) is 9.84. The van der Waals surface area contributed by atoms with E-state index in [1.54, 1.807) is 12.4 Å². The summed E-state index contributed by atoms with van der Waals surface area (Å²) in [5.41, 5.74) is 1.86. The Balaban J connectivity index is 1.66. The molecule has 1 aromatic heterocycles. The molecule has 2 heterocycles. The minimum atomic E-state index is 0.162. The molecule has 126 valence electrons. The largest absolute Gasteiger partial charge is 0.367 e. The van der Waals surface area contributed by atoms with Crippen molar-refractivity contribution in [3.8, 4) is 0 Å². The van der Waals surface area contributed by atoms with Crippen molar-refractivity contribution in [1.29, 1.82) is 0 Å². The van der Waals surface area contributed by atoms with Gasteiger partial charge in [-0.25, -0.2) is 0 Å². The maximum absolute atomic E-state index is 12.5. The first-order valence-electron chi connectivity index (χ1n) is 8.01. The van der Waals surface area contributed by atoms with Crippen LogP contribution < -0.4 is 4.90 Å². The van der Waals surface area contributed by atoms with E-state index in [4.69, 9.17) is 23.2 Å². The van der Waals surface area contributed by atoms with Gasteiger partial charge in [-0.1, -0.05) is 53.5 Å². The highest BCUT2D eigenvalue weighted by Gasteiger charge is 2.22. The first-order chi connectivity index (χ1) is 11.6. The van der Waals surface area contributed by atoms with Gasteiger partial charge in [0.2, 0.25) is 5.91 Å². The van der Waals surface area contributed by atoms with Crippen LogP contribution in [-0.2, 0) is 11.2 Å². The van der Waals surface area contributed by atoms with Gasteiger partial charge >= 0.3 is 0 Å². The summed E-state index contributed by atoms with van der Waals surface area (Å²) in [7, 11) is 0. The second-order valence-corrected chi connectivity index (χ2v) is 6.65. The average Bonchev–Trinajstić information content (AvgIpc) is 2.82. The molecule has 2 aromatic rings. The number of anilines is 1. The molecule has 1 amide bonds. The zero-order valence-corrected chi connectivity index (χ0v) is 14.8. The molecule has 1 fully saturated rings. The van der Waals surface area contributed by atoms with Crippen LogP contribution in [-0.4, -0.2) is 42.0 Å². The molecule has 1 aliphatic heterocycles. The number of amides is 1. The molecule has 6 heteroatoms. The lowest BCUT2D eigenvalue weighted by Gasteiger charge is -2.25. The summed E-state index contributed by atoms with van der Waals surface area (Å²) < 4.78 is 0. The molecule has 0 radical (unpaired) electrons. The Labute approximate surface area is 152 Å². The Hall–Kier alpha value is -1.78. The predicted molar refractivity (Wildman–Crippen MR) is 97.8 cm³/mol. The highest BCUT2D eigenvalue weighted by Crippen LogP contribution is 2.33. The van der Waals surface area contributed by atoms with E-state index in [9.17, 15) is 4.79 Å². The summed E-state index contributed by atoms with van der Waals surface area (Å²) in [5, 5.41) is 1.10. The van der Waals surface area contributed by atoms with Crippen LogP contribution in [0.15, 0.2) is 42.7 Å². The second-order valence-electron chi connectivity index (χ2n) is 5.84. The van der Waals surface area contributed by atoms with Crippen LogP contribution in [0.3, 0.4) is 0 Å². The maximum atomic E-state index is 12.5. The van der Waals surface area contributed by atoms with Crippen molar-refractivity contribution in [2.45, 2.75) is 12.8 Å². The molecule has 0 spiro atoms. The first-order valence-corrected chi connectivity index (χ1v) is 8.76. The molecule has 0 aliphatic carbocycles. The van der Waals surface area contributed by atoms with E-state index in [0.29, 0.717) is 29.6 Å². The van der Waals surface area contributed by atoms with E-state index in [1.165, 1.54) is 0 Å². The Morgan fingerprint density at radius 3 is 2.42 bits per heavy atom. The van der Waals surface area contributed by atoms with Crippen LogP contribution in [0.25, 0.3) is 0 Å². The van der Waals surface area contributed by atoms with Gasteiger partial charge in [0, 0.05) is 38.6 Å². The molecule has 1 aromatic carbocycles. The molecule has 1 saturated heterocycles. The van der Waals surface area contributed by atoms with E-state index in [1.807, 2.05) is 35.2 Å². The van der Waals surface area contributed by atoms with Gasteiger partial charge in [0.05, 0.1) is 22.2 Å². The van der Waals surface area contributed by atoms with E-state index >= 15 is 0 Å². The van der Waals surface area contributed by atoms with E-state index in [-0.39, 0.29) is 5.91 Å². The smallest absolute Gasteiger partial charge is 0.227 e. The van der Waals surface area contributed by atoms with Crippen LogP contribution >= 0.6 is 23.2 Å². The SMILES string of the molecule is O=C(Cc1ccccc1)N1CCCN(c2c(Cl)cncc2Cl)CC1. The first kappa shape index (κ1) is 17.1. The third kappa shape index (κ3) is 4.00. The van der Waals surface area contributed by atoms with Gasteiger partial charge in [-0.2, -0.15) is 0 Å². The lowest BCUT2D eigenvalue weighted by Crippen LogP contribution is -2.36. The zero-order chi connectivity index (χ0) is 16.9. The fourth-order valence-electron chi connectivity index (χ4n) is 2.98. The Morgan fingerprint density at radius 1 is 1.00 bits per heavy atom. The topological polar surface area (TPSA) is 36.4 Å². The van der Waals surface area contributed by atoms with Crippen molar-refractivity contribution in [1.82, 2.24) is 9.88 Å². The minimum absolute atomic E-state index is 0.162. The van der Waals surface area contributed by atoms with Gasteiger partial charge in [-0.3, -0.25) is 9.78 Å². The van der Waals surface area contributed by atoms with Crippen molar-refractivity contribution in [2.75, 3.05) is 31.1 Å². The Kier molecular flexibility index (Phi) is 5.59. The van der Waals surface area contributed by atoms with Crippen LogP contribution in [0.4, 0.5) is 5.69 Å². The quantitative estimate of drug-likeness (QED) is 0.834. The summed E-state index contributed by atoms with van der Waals surface area (Å²) in [6.07, 6.45) is 4.53. The molecule has 0 unspecified atom stereocenters. The van der Waals surface area contributed by atoms with Gasteiger partial charge in [0.15, 0.2) is 0 Å². The number of nitrogens with zero attached hydrogens (tertiary/aromatic N) is 3. The zero-order valence-electron chi connectivity index (χ0n) is 13.3. The van der Waals surface area contributed by atoms with E-state index in [2.05, 4.69) is 9.88 Å². The standard InChI is InChI=1S/C18H19Cl2N3O/c19-15-12-21-13-16(20)18(15)23-8-4-7-22(9-10-23)17(24)11-14-5-2-1-3-6-14/h1-3,5-6,12-13H,4,7-11H2. The molecule has 0 saturated carbocycles. The summed E-state index contributed by atoms with van der Waals surface area (Å²) in [4.78, 5) is 20.6. The molecular weight excluding hydrogens is 345 g/mol. The third-order valence-electron chi connectivity index (χ3n) is 4.19. The number of carbonyl (C=O) groups excluding carboxylic acids is 1. The molecule has 4 nitrogen and oxygen atoms in total. The van der Waals surface area contributed by atoms with Crippen molar-refractivity contribution in [2.24, 2.45) is 0 Å². The second kappa shape index (κ2) is 7.86. The fraction of sp³-hybridized carbons (Fsp3) is 0.333. The summed E-state index contributed by atoms with van der Waals surface area (Å²) >= 11 is 12.5. The Morgan fingerprint density at radius 2 is 1.71 bits per heavy atom. The highest BCUT2D eigenvalue weighted by atomic mass is 35.5. The Bertz CT molecular complexity index is 688. The monoisotopic (exact) mass is 363 g/mol. The van der Waals surface area contributed by atoms with Crippen molar-refractivity contribution < 1.29 is 4.79 Å². The summed E-state index contributed by atoms with van der Waals surface area (Å²) in [5.74, 6) is 0.162. The van der Waals surface area contributed by atoms with Gasteiger partial charge in [0.1, 0.15) is 0 Å². The fourth-order valence-corrected chi connectivity index (χ4v) is 3.58. The number of hydrogen-bond acceptors (Lipinski definition) is 3. The van der Waals surface area contributed by atoms with Crippen molar-refractivity contribution in [3.63, 3.8) is 0 Å². The van der Waals surface area contributed by atoms with E-state index < -0.39 is 0 Å². The van der Waals surface area contributed by atoms with Gasteiger partial charge < -0.3 is 9.80 Å². The van der Waals surface area contributed by atoms with Gasteiger partial charge in [-0.15, -0.1) is 0 Å². The molecular formula is C18H19Cl2N3O. The number of rotatable bonds is 3. The molecule has 1 aliphatic rings. The van der Waals surface area contributed by atoms with Gasteiger partial charge in [0.25, 0.3) is 0 Å². The van der Waals surface area contributed by atoms with Crippen molar-refractivity contribution >= 4 is 34.8 Å². The number of aromatic nitrogens is 1. The molecule has 0 N–H and O–H groups in total. The van der Waals surface area contributed by atoms with Crippen LogP contribution in [0.5, 0.6) is 0 Å².